The van der Waals surface area contributed by atoms with Crippen LogP contribution < -0.4 is 0 Å². The number of carbonyl (C=O) groups is 1. The highest BCUT2D eigenvalue weighted by Gasteiger charge is 2.09. The molecule has 0 saturated heterocycles. The first-order valence-corrected chi connectivity index (χ1v) is 10.6. The molecule has 0 fully saturated rings. The Balaban J connectivity index is 3.69. The quantitative estimate of drug-likeness (QED) is 0.371. The highest BCUT2D eigenvalue weighted by molar-refractivity contribution is 6.84. The Hall–Kier alpha value is -0.633. The van der Waals surface area contributed by atoms with Crippen LogP contribution in [0.1, 0.15) is 26.7 Å². The first-order chi connectivity index (χ1) is 8.85. The standard InChI is InChI=1S/C15H28O3Si/c1-6-17-10-11-18-13-14(2)7-8-15(16)9-12-19(3,4)5/h14H,6-8,10-11,13H2,1-5H3/t14-/m0/s1. The molecule has 0 spiro atoms. The zero-order valence-corrected chi connectivity index (χ0v) is 14.0. The van der Waals surface area contributed by atoms with Gasteiger partial charge in [0.05, 0.1) is 13.2 Å². The number of Topliss-reactive ketones (excluding diaryl/α,β-unsaturated/α-hetero) is 1. The van der Waals surface area contributed by atoms with Crippen LogP contribution in [0.2, 0.25) is 19.6 Å². The van der Waals surface area contributed by atoms with E-state index in [1.54, 1.807) is 0 Å². The maximum absolute atomic E-state index is 11.6. The molecule has 1 atom stereocenters. The summed E-state index contributed by atoms with van der Waals surface area (Å²) in [6.45, 7) is 13.2. The number of hydrogen-bond donors (Lipinski definition) is 0. The summed E-state index contributed by atoms with van der Waals surface area (Å²) in [5.41, 5.74) is 3.10. The Morgan fingerprint density at radius 2 is 1.84 bits per heavy atom. The number of carbonyl (C=O) groups excluding carboxylic acids is 1. The van der Waals surface area contributed by atoms with Gasteiger partial charge in [0.2, 0.25) is 5.78 Å². The lowest BCUT2D eigenvalue weighted by molar-refractivity contribution is -0.114. The van der Waals surface area contributed by atoms with Crippen LogP contribution in [0, 0.1) is 17.4 Å². The van der Waals surface area contributed by atoms with E-state index in [4.69, 9.17) is 9.47 Å². The maximum atomic E-state index is 11.6. The minimum atomic E-state index is -1.43. The Morgan fingerprint density at radius 1 is 1.21 bits per heavy atom. The van der Waals surface area contributed by atoms with E-state index >= 15 is 0 Å². The molecule has 0 radical (unpaired) electrons. The van der Waals surface area contributed by atoms with Gasteiger partial charge in [0.15, 0.2) is 0 Å². The lowest BCUT2D eigenvalue weighted by Crippen LogP contribution is -2.17. The van der Waals surface area contributed by atoms with Gasteiger partial charge in [-0.3, -0.25) is 4.79 Å². The van der Waals surface area contributed by atoms with Crippen molar-refractivity contribution in [2.24, 2.45) is 5.92 Å². The normalized spacial score (nSPS) is 12.7. The average molecular weight is 284 g/mol. The summed E-state index contributed by atoms with van der Waals surface area (Å²) >= 11 is 0. The molecule has 0 aromatic carbocycles. The summed E-state index contributed by atoms with van der Waals surface area (Å²) < 4.78 is 10.7. The zero-order chi connectivity index (χ0) is 14.7. The average Bonchev–Trinajstić information content (AvgIpc) is 2.32. The number of ketones is 1. The molecule has 0 unspecified atom stereocenters. The minimum Gasteiger partial charge on any atom is -0.379 e. The van der Waals surface area contributed by atoms with E-state index < -0.39 is 8.07 Å². The topological polar surface area (TPSA) is 35.5 Å². The largest absolute Gasteiger partial charge is 0.379 e. The van der Waals surface area contributed by atoms with Gasteiger partial charge in [0.25, 0.3) is 0 Å². The summed E-state index contributed by atoms with van der Waals surface area (Å²) in [4.78, 5) is 11.6. The van der Waals surface area contributed by atoms with Crippen molar-refractivity contribution in [2.75, 3.05) is 26.4 Å². The van der Waals surface area contributed by atoms with E-state index in [0.717, 1.165) is 13.0 Å². The molecule has 0 aromatic rings. The fourth-order valence-electron chi connectivity index (χ4n) is 1.33. The first-order valence-electron chi connectivity index (χ1n) is 7.06. The molecule has 110 valence electrons. The summed E-state index contributed by atoms with van der Waals surface area (Å²) in [5.74, 6) is 3.22. The van der Waals surface area contributed by atoms with Gasteiger partial charge >= 0.3 is 0 Å². The van der Waals surface area contributed by atoms with Crippen molar-refractivity contribution in [1.29, 1.82) is 0 Å². The number of hydrogen-bond acceptors (Lipinski definition) is 3. The summed E-state index contributed by atoms with van der Waals surface area (Å²) in [7, 11) is -1.43. The van der Waals surface area contributed by atoms with Crippen LogP contribution in [-0.4, -0.2) is 40.3 Å². The summed E-state index contributed by atoms with van der Waals surface area (Å²) in [6.07, 6.45) is 1.38. The van der Waals surface area contributed by atoms with Crippen LogP contribution in [0.4, 0.5) is 0 Å². The number of rotatable bonds is 9. The van der Waals surface area contributed by atoms with E-state index in [1.807, 2.05) is 6.92 Å². The lowest BCUT2D eigenvalue weighted by atomic mass is 10.1. The second kappa shape index (κ2) is 10.2. The van der Waals surface area contributed by atoms with Gasteiger partial charge in [0.1, 0.15) is 8.07 Å². The van der Waals surface area contributed by atoms with Crippen molar-refractivity contribution in [1.82, 2.24) is 0 Å². The molecule has 0 rings (SSSR count). The monoisotopic (exact) mass is 284 g/mol. The molecule has 0 aromatic heterocycles. The molecule has 0 aliphatic carbocycles. The molecule has 4 heteroatoms. The smallest absolute Gasteiger partial charge is 0.204 e. The van der Waals surface area contributed by atoms with Gasteiger partial charge in [-0.25, -0.2) is 0 Å². The second-order valence-electron chi connectivity index (χ2n) is 5.84. The summed E-state index contributed by atoms with van der Waals surface area (Å²) in [6, 6.07) is 0. The van der Waals surface area contributed by atoms with Crippen molar-refractivity contribution in [3.8, 4) is 11.5 Å². The van der Waals surface area contributed by atoms with E-state index in [1.165, 1.54) is 0 Å². The Bertz CT molecular complexity index is 310. The highest BCUT2D eigenvalue weighted by atomic mass is 28.3. The first kappa shape index (κ1) is 18.4. The SMILES string of the molecule is CCOCCOC[C@@H](C)CCC(=O)C#C[Si](C)(C)C. The molecule has 0 aliphatic heterocycles. The Kier molecular flexibility index (Phi) is 9.85. The van der Waals surface area contributed by atoms with Gasteiger partial charge in [0, 0.05) is 19.6 Å². The highest BCUT2D eigenvalue weighted by Crippen LogP contribution is 2.06. The van der Waals surface area contributed by atoms with Crippen LogP contribution in [0.3, 0.4) is 0 Å². The third-order valence-corrected chi connectivity index (χ3v) is 3.29. The number of ether oxygens (including phenoxy) is 2. The third-order valence-electron chi connectivity index (χ3n) is 2.42. The van der Waals surface area contributed by atoms with Gasteiger partial charge < -0.3 is 9.47 Å². The molecule has 0 N–H and O–H groups in total. The molecule has 19 heavy (non-hydrogen) atoms. The van der Waals surface area contributed by atoms with Crippen molar-refractivity contribution in [2.45, 2.75) is 46.3 Å². The molecule has 0 bridgehead atoms. The van der Waals surface area contributed by atoms with E-state index in [9.17, 15) is 4.79 Å². The molecule has 0 aliphatic rings. The van der Waals surface area contributed by atoms with Gasteiger partial charge in [-0.2, -0.15) is 0 Å². The van der Waals surface area contributed by atoms with E-state index in [-0.39, 0.29) is 5.78 Å². The van der Waals surface area contributed by atoms with E-state index in [2.05, 4.69) is 38.0 Å². The predicted octanol–water partition coefficient (Wildman–Crippen LogP) is 2.91. The van der Waals surface area contributed by atoms with Crippen LogP contribution >= 0.6 is 0 Å². The molecule has 3 nitrogen and oxygen atoms in total. The zero-order valence-electron chi connectivity index (χ0n) is 13.0. The van der Waals surface area contributed by atoms with Crippen LogP contribution in [0.25, 0.3) is 0 Å². The molecular formula is C15H28O3Si. The van der Waals surface area contributed by atoms with Crippen LogP contribution in [-0.2, 0) is 14.3 Å². The fourth-order valence-corrected chi connectivity index (χ4v) is 1.84. The third kappa shape index (κ3) is 13.6. The Labute approximate surface area is 119 Å². The van der Waals surface area contributed by atoms with Gasteiger partial charge in [-0.15, -0.1) is 5.54 Å². The van der Waals surface area contributed by atoms with Crippen molar-refractivity contribution in [3.05, 3.63) is 0 Å². The Morgan fingerprint density at radius 3 is 2.42 bits per heavy atom. The van der Waals surface area contributed by atoms with Crippen LogP contribution in [0.5, 0.6) is 0 Å². The van der Waals surface area contributed by atoms with Gasteiger partial charge in [-0.05, 0) is 25.2 Å². The minimum absolute atomic E-state index is 0.0589. The molecule has 0 heterocycles. The molecule has 0 saturated carbocycles. The van der Waals surface area contributed by atoms with Crippen molar-refractivity contribution in [3.63, 3.8) is 0 Å². The fraction of sp³-hybridized carbons (Fsp3) is 0.800. The predicted molar refractivity (Wildman–Crippen MR) is 81.8 cm³/mol. The maximum Gasteiger partial charge on any atom is 0.204 e. The second-order valence-corrected chi connectivity index (χ2v) is 10.6. The van der Waals surface area contributed by atoms with Crippen molar-refractivity contribution >= 4 is 13.9 Å². The van der Waals surface area contributed by atoms with Crippen LogP contribution in [0.15, 0.2) is 0 Å². The molecule has 0 amide bonds. The molecular weight excluding hydrogens is 256 g/mol. The van der Waals surface area contributed by atoms with Crippen molar-refractivity contribution < 1.29 is 14.3 Å². The van der Waals surface area contributed by atoms with Gasteiger partial charge in [-0.1, -0.05) is 26.6 Å². The lowest BCUT2D eigenvalue weighted by Gasteiger charge is -2.10. The van der Waals surface area contributed by atoms with E-state index in [0.29, 0.717) is 32.2 Å². The summed E-state index contributed by atoms with van der Waals surface area (Å²) in [5, 5.41) is 0.